The number of aliphatic carboxylic acids is 1. The summed E-state index contributed by atoms with van der Waals surface area (Å²) in [5, 5.41) is 11.0. The SMILES string of the molecule is C[C@]1(CC(=O)O)CC(c2cccc(Cl)c2)[C@@H](c2ccc(Cl)cc2)N(C(CN(CCc2ccccc2F)S(=O)O)C2CC2)C1=O. The molecule has 1 aliphatic heterocycles. The van der Waals surface area contributed by atoms with Crippen molar-refractivity contribution in [3.05, 3.63) is 105 Å². The van der Waals surface area contributed by atoms with E-state index in [1.54, 1.807) is 48.2 Å². The number of piperidine rings is 1. The Balaban J connectivity index is 1.59. The Morgan fingerprint density at radius 3 is 2.39 bits per heavy atom. The number of hydrogen-bond acceptors (Lipinski definition) is 3. The summed E-state index contributed by atoms with van der Waals surface area (Å²) in [4.78, 5) is 28.5. The summed E-state index contributed by atoms with van der Waals surface area (Å²) in [5.41, 5.74) is 0.863. The Morgan fingerprint density at radius 2 is 1.77 bits per heavy atom. The van der Waals surface area contributed by atoms with Gasteiger partial charge >= 0.3 is 5.97 Å². The predicted octanol–water partition coefficient (Wildman–Crippen LogP) is 7.13. The summed E-state index contributed by atoms with van der Waals surface area (Å²) in [6.45, 7) is 1.84. The monoisotopic (exact) mass is 660 g/mol. The van der Waals surface area contributed by atoms with E-state index in [1.165, 1.54) is 10.4 Å². The van der Waals surface area contributed by atoms with E-state index >= 15 is 0 Å². The molecule has 1 saturated heterocycles. The van der Waals surface area contributed by atoms with Crippen molar-refractivity contribution in [3.8, 4) is 0 Å². The summed E-state index contributed by atoms with van der Waals surface area (Å²) >= 11 is 10.3. The van der Waals surface area contributed by atoms with E-state index in [9.17, 15) is 27.8 Å². The van der Waals surface area contributed by atoms with E-state index in [2.05, 4.69) is 0 Å². The van der Waals surface area contributed by atoms with Crippen LogP contribution in [0.1, 0.15) is 61.3 Å². The minimum atomic E-state index is -2.40. The molecule has 44 heavy (non-hydrogen) atoms. The van der Waals surface area contributed by atoms with Crippen LogP contribution in [0.5, 0.6) is 0 Å². The molecular weight excluding hydrogens is 626 g/mol. The first-order chi connectivity index (χ1) is 21.0. The van der Waals surface area contributed by atoms with E-state index in [1.807, 2.05) is 30.3 Å². The lowest BCUT2D eigenvalue weighted by atomic mass is 9.67. The summed E-state index contributed by atoms with van der Waals surface area (Å²) in [5.74, 6) is -2.07. The van der Waals surface area contributed by atoms with Crippen LogP contribution in [0.2, 0.25) is 10.0 Å². The van der Waals surface area contributed by atoms with Gasteiger partial charge in [-0.2, -0.15) is 4.31 Å². The van der Waals surface area contributed by atoms with Crippen molar-refractivity contribution in [1.29, 1.82) is 0 Å². The van der Waals surface area contributed by atoms with Crippen LogP contribution in [0, 0.1) is 17.2 Å². The Labute approximate surface area is 269 Å². The third-order valence-corrected chi connectivity index (χ3v) is 10.1. The highest BCUT2D eigenvalue weighted by Crippen LogP contribution is 2.54. The van der Waals surface area contributed by atoms with Gasteiger partial charge in [-0.05, 0) is 78.6 Å². The number of benzene rings is 3. The first kappa shape index (κ1) is 32.6. The zero-order chi connectivity index (χ0) is 31.6. The fourth-order valence-corrected chi connectivity index (χ4v) is 7.43. The molecule has 1 amide bonds. The summed E-state index contributed by atoms with van der Waals surface area (Å²) in [7, 11) is 0. The van der Waals surface area contributed by atoms with Gasteiger partial charge in [0.25, 0.3) is 0 Å². The molecule has 2 fully saturated rings. The van der Waals surface area contributed by atoms with Crippen molar-refractivity contribution < 1.29 is 27.8 Å². The van der Waals surface area contributed by atoms with Gasteiger partial charge in [0, 0.05) is 35.1 Å². The van der Waals surface area contributed by atoms with Crippen LogP contribution in [0.4, 0.5) is 4.39 Å². The number of carbonyl (C=O) groups is 2. The number of carboxylic acids is 1. The third-order valence-electron chi connectivity index (χ3n) is 8.86. The van der Waals surface area contributed by atoms with Gasteiger partial charge in [0.05, 0.1) is 17.9 Å². The lowest BCUT2D eigenvalue weighted by Gasteiger charge is -2.52. The van der Waals surface area contributed by atoms with E-state index in [0.717, 1.165) is 24.0 Å². The fourth-order valence-electron chi connectivity index (χ4n) is 6.58. The van der Waals surface area contributed by atoms with Gasteiger partial charge in [0.2, 0.25) is 17.2 Å². The lowest BCUT2D eigenvalue weighted by Crippen LogP contribution is -2.59. The highest BCUT2D eigenvalue weighted by atomic mass is 35.5. The van der Waals surface area contributed by atoms with Crippen LogP contribution in [0.25, 0.3) is 0 Å². The van der Waals surface area contributed by atoms with Crippen molar-refractivity contribution in [3.63, 3.8) is 0 Å². The first-order valence-electron chi connectivity index (χ1n) is 14.6. The molecule has 2 aliphatic rings. The second-order valence-electron chi connectivity index (χ2n) is 12.1. The Bertz CT molecular complexity index is 1540. The molecule has 0 aromatic heterocycles. The van der Waals surface area contributed by atoms with Gasteiger partial charge in [-0.25, -0.2) is 8.60 Å². The first-order valence-corrected chi connectivity index (χ1v) is 16.4. The molecular formula is C33H35Cl2FN2O5S. The van der Waals surface area contributed by atoms with Crippen molar-refractivity contribution in [2.75, 3.05) is 13.1 Å². The maximum atomic E-state index is 14.6. The van der Waals surface area contributed by atoms with Crippen LogP contribution < -0.4 is 0 Å². The molecule has 3 aromatic carbocycles. The molecule has 2 N–H and O–H groups in total. The molecule has 3 aromatic rings. The molecule has 1 heterocycles. The Kier molecular flexibility index (Phi) is 10.1. The van der Waals surface area contributed by atoms with E-state index < -0.39 is 40.6 Å². The number of rotatable bonds is 12. The van der Waals surface area contributed by atoms with Crippen molar-refractivity contribution in [1.82, 2.24) is 9.21 Å². The minimum absolute atomic E-state index is 0.0421. The quantitative estimate of drug-likeness (QED) is 0.201. The van der Waals surface area contributed by atoms with Gasteiger partial charge < -0.3 is 10.0 Å². The van der Waals surface area contributed by atoms with E-state index in [4.69, 9.17) is 23.2 Å². The van der Waals surface area contributed by atoms with Crippen molar-refractivity contribution >= 4 is 46.3 Å². The third kappa shape index (κ3) is 7.35. The molecule has 3 unspecified atom stereocenters. The highest BCUT2D eigenvalue weighted by molar-refractivity contribution is 7.76. The van der Waals surface area contributed by atoms with Gasteiger partial charge in [-0.1, -0.05) is 72.6 Å². The molecule has 11 heteroatoms. The van der Waals surface area contributed by atoms with Crippen LogP contribution >= 0.6 is 23.2 Å². The largest absolute Gasteiger partial charge is 0.481 e. The Morgan fingerprint density at radius 1 is 1.07 bits per heavy atom. The van der Waals surface area contributed by atoms with Gasteiger partial charge in [0.15, 0.2) is 0 Å². The maximum absolute atomic E-state index is 14.6. The Hall–Kier alpha value is -2.82. The summed E-state index contributed by atoms with van der Waals surface area (Å²) in [6, 6.07) is 19.9. The molecule has 1 saturated carbocycles. The van der Waals surface area contributed by atoms with Gasteiger partial charge in [0.1, 0.15) is 5.82 Å². The molecule has 5 atom stereocenters. The predicted molar refractivity (Wildman–Crippen MR) is 169 cm³/mol. The number of halogens is 3. The molecule has 7 nitrogen and oxygen atoms in total. The fraction of sp³-hybridized carbons (Fsp3) is 0.394. The van der Waals surface area contributed by atoms with Gasteiger partial charge in [-0.15, -0.1) is 0 Å². The molecule has 234 valence electrons. The average Bonchev–Trinajstić information content (AvgIpc) is 3.81. The maximum Gasteiger partial charge on any atom is 0.304 e. The molecule has 0 radical (unpaired) electrons. The van der Waals surface area contributed by atoms with Crippen LogP contribution in [0.3, 0.4) is 0 Å². The smallest absolute Gasteiger partial charge is 0.304 e. The topological polar surface area (TPSA) is 98.2 Å². The van der Waals surface area contributed by atoms with Crippen LogP contribution in [0.15, 0.2) is 72.8 Å². The number of carbonyl (C=O) groups excluding carboxylic acids is 1. The van der Waals surface area contributed by atoms with Crippen molar-refractivity contribution in [2.24, 2.45) is 11.3 Å². The summed E-state index contributed by atoms with van der Waals surface area (Å²) in [6.07, 6.45) is 1.74. The molecule has 1 aliphatic carbocycles. The van der Waals surface area contributed by atoms with Crippen molar-refractivity contribution in [2.45, 2.75) is 57.0 Å². The number of hydrogen-bond donors (Lipinski definition) is 2. The summed E-state index contributed by atoms with van der Waals surface area (Å²) < 4.78 is 38.8. The normalized spacial score (nSPS) is 23.5. The zero-order valence-corrected chi connectivity index (χ0v) is 26.6. The second kappa shape index (κ2) is 13.7. The standard InChI is InChI=1S/C33H35Cl2FN2O5S/c1-33(19-30(39)40)18-27(24-6-4-7-26(35)17-24)31(23-11-13-25(34)14-12-23)38(32(33)41)29(22-9-10-22)20-37(44(42)43)16-15-21-5-2-3-8-28(21)36/h2-8,11-14,17,22,27,29,31H,9-10,15-16,18-20H2,1H3,(H,39,40)(H,42,43)/t27?,29?,31-,33-/m1/s1. The second-order valence-corrected chi connectivity index (χ2v) is 13.9. The highest BCUT2D eigenvalue weighted by Gasteiger charge is 2.54. The number of likely N-dealkylation sites (tertiary alicyclic amines) is 1. The minimum Gasteiger partial charge on any atom is -0.481 e. The number of nitrogens with zero attached hydrogens (tertiary/aromatic N) is 2. The van der Waals surface area contributed by atoms with Crippen LogP contribution in [-0.2, 0) is 27.3 Å². The average molecular weight is 662 g/mol. The van der Waals surface area contributed by atoms with Crippen LogP contribution in [-0.4, -0.2) is 54.1 Å². The number of carboxylic acid groups (broad SMARTS) is 1. The van der Waals surface area contributed by atoms with E-state index in [0.29, 0.717) is 15.6 Å². The number of amides is 1. The molecule has 5 rings (SSSR count). The van der Waals surface area contributed by atoms with Gasteiger partial charge in [-0.3, -0.25) is 14.1 Å². The molecule has 0 bridgehead atoms. The zero-order valence-electron chi connectivity index (χ0n) is 24.2. The lowest BCUT2D eigenvalue weighted by molar-refractivity contribution is -0.161. The van der Waals surface area contributed by atoms with E-state index in [-0.39, 0.29) is 50.1 Å². The molecule has 0 spiro atoms.